The summed E-state index contributed by atoms with van der Waals surface area (Å²) in [4.78, 5) is 6.95. The van der Waals surface area contributed by atoms with Crippen molar-refractivity contribution in [3.63, 3.8) is 0 Å². The van der Waals surface area contributed by atoms with Crippen LogP contribution in [0.3, 0.4) is 0 Å². The lowest BCUT2D eigenvalue weighted by Gasteiger charge is -2.49. The molecule has 3 rings (SSSR count). The maximum atomic E-state index is 10.6. The molecule has 2 saturated heterocycles. The summed E-state index contributed by atoms with van der Waals surface area (Å²) in [5, 5.41) is 10.6. The van der Waals surface area contributed by atoms with E-state index in [9.17, 15) is 5.11 Å². The molecular formula is C18H28N2O2. The van der Waals surface area contributed by atoms with Gasteiger partial charge in [-0.25, -0.2) is 0 Å². The highest BCUT2D eigenvalue weighted by Gasteiger charge is 2.45. The van der Waals surface area contributed by atoms with Gasteiger partial charge in [0, 0.05) is 32.3 Å². The van der Waals surface area contributed by atoms with Crippen LogP contribution in [-0.2, 0) is 11.3 Å². The molecule has 0 bridgehead atoms. The number of hydrogen-bond acceptors (Lipinski definition) is 4. The number of likely N-dealkylation sites (tertiary alicyclic amines) is 1. The largest absolute Gasteiger partial charge is 0.390 e. The highest BCUT2D eigenvalue weighted by atomic mass is 16.5. The third-order valence-corrected chi connectivity index (χ3v) is 5.41. The van der Waals surface area contributed by atoms with Gasteiger partial charge in [0.25, 0.3) is 0 Å². The Morgan fingerprint density at radius 3 is 2.68 bits per heavy atom. The fourth-order valence-corrected chi connectivity index (χ4v) is 3.76. The van der Waals surface area contributed by atoms with E-state index < -0.39 is 5.60 Å². The van der Waals surface area contributed by atoms with Gasteiger partial charge in [-0.3, -0.25) is 9.88 Å². The third kappa shape index (κ3) is 3.50. The molecule has 2 aliphatic rings. The Hall–Kier alpha value is -0.970. The van der Waals surface area contributed by atoms with Crippen LogP contribution in [0.15, 0.2) is 18.3 Å². The Morgan fingerprint density at radius 1 is 1.27 bits per heavy atom. The molecule has 2 fully saturated rings. The number of aliphatic hydroxyl groups is 1. The van der Waals surface area contributed by atoms with Crippen molar-refractivity contribution in [1.29, 1.82) is 0 Å². The molecule has 1 unspecified atom stereocenters. The highest BCUT2D eigenvalue weighted by molar-refractivity contribution is 5.12. The van der Waals surface area contributed by atoms with Crippen molar-refractivity contribution in [1.82, 2.24) is 9.88 Å². The molecule has 1 aromatic rings. The first kappa shape index (κ1) is 15.9. The summed E-state index contributed by atoms with van der Waals surface area (Å²) in [6, 6.07) is 4.24. The van der Waals surface area contributed by atoms with Gasteiger partial charge in [-0.1, -0.05) is 13.0 Å². The Bertz CT molecular complexity index is 494. The molecule has 1 atom stereocenters. The molecule has 0 aliphatic carbocycles. The number of pyridine rings is 1. The van der Waals surface area contributed by atoms with E-state index in [1.165, 1.54) is 5.56 Å². The van der Waals surface area contributed by atoms with Crippen LogP contribution in [0.4, 0.5) is 0 Å². The molecule has 3 heterocycles. The molecule has 122 valence electrons. The summed E-state index contributed by atoms with van der Waals surface area (Å²) in [6.07, 6.45) is 6.37. The van der Waals surface area contributed by atoms with Gasteiger partial charge in [0.1, 0.15) is 0 Å². The van der Waals surface area contributed by atoms with E-state index in [0.29, 0.717) is 6.61 Å². The average Bonchev–Trinajstić information content (AvgIpc) is 2.52. The molecular weight excluding hydrogens is 276 g/mol. The van der Waals surface area contributed by atoms with Crippen LogP contribution < -0.4 is 0 Å². The van der Waals surface area contributed by atoms with E-state index in [2.05, 4.69) is 35.9 Å². The zero-order valence-electron chi connectivity index (χ0n) is 13.8. The normalized spacial score (nSPS) is 28.9. The molecule has 0 radical (unpaired) electrons. The summed E-state index contributed by atoms with van der Waals surface area (Å²) in [6.45, 7) is 7.80. The van der Waals surface area contributed by atoms with Crippen LogP contribution in [0.5, 0.6) is 0 Å². The first-order valence-corrected chi connectivity index (χ1v) is 8.53. The van der Waals surface area contributed by atoms with Gasteiger partial charge in [0.05, 0.1) is 23.5 Å². The lowest BCUT2D eigenvalue weighted by molar-refractivity contribution is -0.179. The predicted octanol–water partition coefficient (Wildman–Crippen LogP) is 2.68. The Morgan fingerprint density at radius 2 is 2.05 bits per heavy atom. The van der Waals surface area contributed by atoms with E-state index in [-0.39, 0.29) is 5.60 Å². The lowest BCUT2D eigenvalue weighted by atomic mass is 9.76. The van der Waals surface area contributed by atoms with Crippen molar-refractivity contribution >= 4 is 0 Å². The molecule has 2 aliphatic heterocycles. The zero-order valence-corrected chi connectivity index (χ0v) is 13.8. The Balaban J connectivity index is 1.57. The number of rotatable bonds is 3. The molecule has 1 spiro atoms. The number of hydrogen-bond donors (Lipinski definition) is 1. The summed E-state index contributed by atoms with van der Waals surface area (Å²) in [7, 11) is 0. The van der Waals surface area contributed by atoms with Crippen LogP contribution in [0.1, 0.15) is 50.3 Å². The van der Waals surface area contributed by atoms with E-state index in [4.69, 9.17) is 4.74 Å². The van der Waals surface area contributed by atoms with Gasteiger partial charge in [-0.05, 0) is 44.2 Å². The molecule has 1 N–H and O–H groups in total. The maximum absolute atomic E-state index is 10.6. The molecule has 0 amide bonds. The molecule has 22 heavy (non-hydrogen) atoms. The predicted molar refractivity (Wildman–Crippen MR) is 86.6 cm³/mol. The van der Waals surface area contributed by atoms with Crippen molar-refractivity contribution in [3.8, 4) is 0 Å². The molecule has 0 aromatic carbocycles. The Kier molecular flexibility index (Phi) is 4.53. The van der Waals surface area contributed by atoms with Crippen molar-refractivity contribution in [2.45, 2.75) is 63.7 Å². The highest BCUT2D eigenvalue weighted by Crippen LogP contribution is 2.41. The minimum atomic E-state index is -0.515. The SMILES string of the molecule is CCC1(O)CCOC2(CCN(Cc3ccc(C)cn3)CC2)C1. The van der Waals surface area contributed by atoms with Gasteiger partial charge in [0.15, 0.2) is 0 Å². The zero-order chi connectivity index (χ0) is 15.6. The van der Waals surface area contributed by atoms with Crippen LogP contribution in [0.2, 0.25) is 0 Å². The second-order valence-electron chi connectivity index (χ2n) is 7.14. The minimum Gasteiger partial charge on any atom is -0.390 e. The number of ether oxygens (including phenoxy) is 1. The summed E-state index contributed by atoms with van der Waals surface area (Å²) in [5.74, 6) is 0. The van der Waals surface area contributed by atoms with Gasteiger partial charge in [-0.15, -0.1) is 0 Å². The van der Waals surface area contributed by atoms with E-state index in [1.807, 2.05) is 6.20 Å². The minimum absolute atomic E-state index is 0.0970. The fourth-order valence-electron chi connectivity index (χ4n) is 3.76. The third-order valence-electron chi connectivity index (χ3n) is 5.41. The summed E-state index contributed by atoms with van der Waals surface area (Å²) in [5.41, 5.74) is 1.73. The van der Waals surface area contributed by atoms with Gasteiger partial charge in [-0.2, -0.15) is 0 Å². The van der Waals surface area contributed by atoms with Crippen LogP contribution in [-0.4, -0.2) is 45.9 Å². The first-order valence-electron chi connectivity index (χ1n) is 8.53. The van der Waals surface area contributed by atoms with Gasteiger partial charge < -0.3 is 9.84 Å². The smallest absolute Gasteiger partial charge is 0.0734 e. The monoisotopic (exact) mass is 304 g/mol. The molecule has 0 saturated carbocycles. The van der Waals surface area contributed by atoms with Gasteiger partial charge in [0.2, 0.25) is 0 Å². The number of piperidine rings is 1. The van der Waals surface area contributed by atoms with Crippen molar-refractivity contribution in [3.05, 3.63) is 29.6 Å². The second kappa shape index (κ2) is 6.26. The lowest BCUT2D eigenvalue weighted by Crippen LogP contribution is -2.54. The van der Waals surface area contributed by atoms with E-state index in [0.717, 1.165) is 57.4 Å². The van der Waals surface area contributed by atoms with E-state index in [1.54, 1.807) is 0 Å². The van der Waals surface area contributed by atoms with Crippen LogP contribution in [0.25, 0.3) is 0 Å². The van der Waals surface area contributed by atoms with Crippen LogP contribution in [0, 0.1) is 6.92 Å². The summed E-state index contributed by atoms with van der Waals surface area (Å²) < 4.78 is 6.12. The quantitative estimate of drug-likeness (QED) is 0.932. The topological polar surface area (TPSA) is 45.6 Å². The molecule has 1 aromatic heterocycles. The van der Waals surface area contributed by atoms with Crippen molar-refractivity contribution in [2.24, 2.45) is 0 Å². The number of aromatic nitrogens is 1. The number of nitrogens with zero attached hydrogens (tertiary/aromatic N) is 2. The van der Waals surface area contributed by atoms with E-state index >= 15 is 0 Å². The Labute approximate surface area is 133 Å². The molecule has 4 nitrogen and oxygen atoms in total. The first-order chi connectivity index (χ1) is 10.5. The summed E-state index contributed by atoms with van der Waals surface area (Å²) >= 11 is 0. The van der Waals surface area contributed by atoms with Crippen LogP contribution >= 0.6 is 0 Å². The average molecular weight is 304 g/mol. The number of aryl methyl sites for hydroxylation is 1. The van der Waals surface area contributed by atoms with Crippen molar-refractivity contribution < 1.29 is 9.84 Å². The van der Waals surface area contributed by atoms with Gasteiger partial charge >= 0.3 is 0 Å². The maximum Gasteiger partial charge on any atom is 0.0734 e. The fraction of sp³-hybridized carbons (Fsp3) is 0.722. The molecule has 4 heteroatoms. The standard InChI is InChI=1S/C18H28N2O2/c1-3-17(21)8-11-22-18(14-17)6-9-20(10-7-18)13-16-5-4-15(2)12-19-16/h4-5,12,21H,3,6-11,13-14H2,1-2H3. The second-order valence-corrected chi connectivity index (χ2v) is 7.14. The van der Waals surface area contributed by atoms with Crippen molar-refractivity contribution in [2.75, 3.05) is 19.7 Å².